The lowest BCUT2D eigenvalue weighted by atomic mass is 10.0. The molecule has 2 heterocycles. The molecule has 1 aromatic rings. The van der Waals surface area contributed by atoms with E-state index in [1.165, 1.54) is 11.1 Å². The van der Waals surface area contributed by atoms with E-state index in [0.717, 1.165) is 77.3 Å². The second-order valence-corrected chi connectivity index (χ2v) is 8.72. The van der Waals surface area contributed by atoms with Crippen LogP contribution in [-0.2, 0) is 4.79 Å². The fourth-order valence-electron chi connectivity index (χ4n) is 4.49. The second-order valence-electron chi connectivity index (χ2n) is 8.72. The van der Waals surface area contributed by atoms with E-state index in [9.17, 15) is 4.79 Å². The third-order valence-corrected chi connectivity index (χ3v) is 6.16. The molecule has 0 spiro atoms. The van der Waals surface area contributed by atoms with E-state index in [1.54, 1.807) is 4.90 Å². The summed E-state index contributed by atoms with van der Waals surface area (Å²) < 4.78 is 0. The van der Waals surface area contributed by atoms with Gasteiger partial charge < -0.3 is 15.1 Å². The highest BCUT2D eigenvalue weighted by atomic mass is 16.2. The molecule has 1 aromatic carbocycles. The van der Waals surface area contributed by atoms with Gasteiger partial charge in [-0.15, -0.1) is 0 Å². The van der Waals surface area contributed by atoms with Crippen LogP contribution in [0.2, 0.25) is 0 Å². The normalized spacial score (nSPS) is 20.1. The van der Waals surface area contributed by atoms with Crippen molar-refractivity contribution in [2.24, 2.45) is 4.99 Å². The van der Waals surface area contributed by atoms with Crippen molar-refractivity contribution >= 4 is 17.9 Å². The summed E-state index contributed by atoms with van der Waals surface area (Å²) in [5.41, 5.74) is 2.81. The molecule has 6 heteroatoms. The summed E-state index contributed by atoms with van der Waals surface area (Å²) in [4.78, 5) is 23.7. The van der Waals surface area contributed by atoms with E-state index in [-0.39, 0.29) is 11.9 Å². The molecule has 2 aliphatic heterocycles. The first-order valence-corrected chi connectivity index (χ1v) is 11.8. The summed E-state index contributed by atoms with van der Waals surface area (Å²) in [6, 6.07) is 10.7. The number of nitrogens with zero attached hydrogens (tertiary/aromatic N) is 4. The quantitative estimate of drug-likeness (QED) is 0.414. The van der Waals surface area contributed by atoms with Gasteiger partial charge in [-0.1, -0.05) is 42.0 Å². The number of carbonyl (C=O) groups excluding carboxylic acids is 1. The number of guanidine groups is 1. The molecule has 3 rings (SSSR count). The standard InChI is InChI=1S/C25H39N5O/c1-4-26-25(27-15-9-17-29-16-8-12-23(29)24(31)28(2)3)30-18-13-22(14-19-30)20-21-10-6-5-7-11-21/h5-7,10-11,20,23H,4,8-9,12-19H2,1-3H3,(H,26,27). The third kappa shape index (κ3) is 6.82. The van der Waals surface area contributed by atoms with Crippen LogP contribution in [0, 0.1) is 0 Å². The number of hydrogen-bond acceptors (Lipinski definition) is 3. The minimum absolute atomic E-state index is 0.0594. The lowest BCUT2D eigenvalue weighted by molar-refractivity contribution is -0.133. The van der Waals surface area contributed by atoms with Crippen LogP contribution in [0.4, 0.5) is 0 Å². The first-order chi connectivity index (χ1) is 15.1. The molecule has 0 saturated carbocycles. The highest BCUT2D eigenvalue weighted by Gasteiger charge is 2.31. The number of likely N-dealkylation sites (tertiary alicyclic amines) is 2. The van der Waals surface area contributed by atoms with Crippen molar-refractivity contribution in [3.63, 3.8) is 0 Å². The molecular weight excluding hydrogens is 386 g/mol. The molecule has 1 amide bonds. The Labute approximate surface area is 188 Å². The largest absolute Gasteiger partial charge is 0.357 e. The SMILES string of the molecule is CCNC(=NCCCN1CCCC1C(=O)N(C)C)N1CCC(=Cc2ccccc2)CC1. The van der Waals surface area contributed by atoms with Gasteiger partial charge in [-0.05, 0) is 51.1 Å². The zero-order valence-electron chi connectivity index (χ0n) is 19.5. The topological polar surface area (TPSA) is 51.2 Å². The van der Waals surface area contributed by atoms with Gasteiger partial charge in [0.05, 0.1) is 6.04 Å². The smallest absolute Gasteiger partial charge is 0.239 e. The highest BCUT2D eigenvalue weighted by molar-refractivity contribution is 5.81. The van der Waals surface area contributed by atoms with Crippen LogP contribution in [0.25, 0.3) is 6.08 Å². The molecule has 2 saturated heterocycles. The monoisotopic (exact) mass is 425 g/mol. The van der Waals surface area contributed by atoms with E-state index in [0.29, 0.717) is 0 Å². The van der Waals surface area contributed by atoms with Gasteiger partial charge in [0.25, 0.3) is 0 Å². The van der Waals surface area contributed by atoms with Crippen molar-refractivity contribution in [2.75, 3.05) is 53.4 Å². The Morgan fingerprint density at radius 3 is 2.61 bits per heavy atom. The number of nitrogens with one attached hydrogen (secondary N) is 1. The van der Waals surface area contributed by atoms with Crippen LogP contribution in [0.15, 0.2) is 40.9 Å². The minimum Gasteiger partial charge on any atom is -0.357 e. The molecule has 1 atom stereocenters. The average molecular weight is 426 g/mol. The number of carbonyl (C=O) groups is 1. The Balaban J connectivity index is 1.48. The fraction of sp³-hybridized carbons (Fsp3) is 0.600. The van der Waals surface area contributed by atoms with E-state index in [4.69, 9.17) is 4.99 Å². The molecule has 6 nitrogen and oxygen atoms in total. The second kappa shape index (κ2) is 11.9. The van der Waals surface area contributed by atoms with E-state index >= 15 is 0 Å². The first-order valence-electron chi connectivity index (χ1n) is 11.8. The van der Waals surface area contributed by atoms with Gasteiger partial charge in [-0.3, -0.25) is 14.7 Å². The molecule has 0 bridgehead atoms. The molecule has 2 fully saturated rings. The van der Waals surface area contributed by atoms with E-state index in [1.807, 2.05) is 14.1 Å². The lowest BCUT2D eigenvalue weighted by Gasteiger charge is -2.31. The van der Waals surface area contributed by atoms with E-state index < -0.39 is 0 Å². The molecule has 2 aliphatic rings. The predicted octanol–water partition coefficient (Wildman–Crippen LogP) is 3.07. The molecule has 1 N–H and O–H groups in total. The van der Waals surface area contributed by atoms with Crippen LogP contribution >= 0.6 is 0 Å². The predicted molar refractivity (Wildman–Crippen MR) is 129 cm³/mol. The molecule has 170 valence electrons. The van der Waals surface area contributed by atoms with Gasteiger partial charge in [-0.2, -0.15) is 0 Å². The van der Waals surface area contributed by atoms with Gasteiger partial charge in [-0.25, -0.2) is 0 Å². The lowest BCUT2D eigenvalue weighted by Crippen LogP contribution is -2.45. The van der Waals surface area contributed by atoms with Crippen molar-refractivity contribution in [3.05, 3.63) is 41.5 Å². The van der Waals surface area contributed by atoms with Gasteiger partial charge in [0, 0.05) is 46.8 Å². The van der Waals surface area contributed by atoms with Crippen LogP contribution < -0.4 is 5.32 Å². The Bertz CT molecular complexity index is 748. The zero-order valence-corrected chi connectivity index (χ0v) is 19.5. The fourth-order valence-corrected chi connectivity index (χ4v) is 4.49. The average Bonchev–Trinajstić information content (AvgIpc) is 3.25. The Morgan fingerprint density at radius 1 is 1.19 bits per heavy atom. The van der Waals surface area contributed by atoms with Crippen molar-refractivity contribution in [3.8, 4) is 0 Å². The van der Waals surface area contributed by atoms with Crippen LogP contribution in [0.5, 0.6) is 0 Å². The first kappa shape index (κ1) is 23.3. The minimum atomic E-state index is 0.0594. The van der Waals surface area contributed by atoms with E-state index in [2.05, 4.69) is 58.4 Å². The van der Waals surface area contributed by atoms with Crippen molar-refractivity contribution in [1.29, 1.82) is 0 Å². The Kier molecular flexibility index (Phi) is 8.95. The van der Waals surface area contributed by atoms with Crippen LogP contribution in [0.3, 0.4) is 0 Å². The summed E-state index contributed by atoms with van der Waals surface area (Å²) >= 11 is 0. The molecule has 31 heavy (non-hydrogen) atoms. The number of piperidine rings is 1. The van der Waals surface area contributed by atoms with Crippen molar-refractivity contribution in [1.82, 2.24) is 20.0 Å². The number of amides is 1. The summed E-state index contributed by atoms with van der Waals surface area (Å²) in [5.74, 6) is 1.27. The Morgan fingerprint density at radius 2 is 1.94 bits per heavy atom. The highest BCUT2D eigenvalue weighted by Crippen LogP contribution is 2.20. The summed E-state index contributed by atoms with van der Waals surface area (Å²) in [7, 11) is 3.70. The molecule has 1 unspecified atom stereocenters. The maximum absolute atomic E-state index is 12.4. The third-order valence-electron chi connectivity index (χ3n) is 6.16. The molecule has 0 aliphatic carbocycles. The van der Waals surface area contributed by atoms with Crippen molar-refractivity contribution in [2.45, 2.75) is 45.1 Å². The number of benzene rings is 1. The summed E-state index contributed by atoms with van der Waals surface area (Å²) in [5, 5.41) is 3.47. The van der Waals surface area contributed by atoms with Gasteiger partial charge in [0.15, 0.2) is 5.96 Å². The maximum atomic E-state index is 12.4. The van der Waals surface area contributed by atoms with Gasteiger partial charge in [0.1, 0.15) is 0 Å². The van der Waals surface area contributed by atoms with Gasteiger partial charge >= 0.3 is 0 Å². The van der Waals surface area contributed by atoms with Gasteiger partial charge in [0.2, 0.25) is 5.91 Å². The van der Waals surface area contributed by atoms with Crippen molar-refractivity contribution < 1.29 is 4.79 Å². The number of aliphatic imine (C=N–C) groups is 1. The summed E-state index contributed by atoms with van der Waals surface area (Å²) in [6.45, 7) is 7.79. The van der Waals surface area contributed by atoms with Crippen LogP contribution in [0.1, 0.15) is 44.6 Å². The Hall–Kier alpha value is -2.34. The molecule has 0 aromatic heterocycles. The number of hydrogen-bond donors (Lipinski definition) is 1. The number of likely N-dealkylation sites (N-methyl/N-ethyl adjacent to an activating group) is 1. The summed E-state index contributed by atoms with van der Waals surface area (Å²) in [6.07, 6.45) is 7.59. The van der Waals surface area contributed by atoms with Crippen LogP contribution in [-0.4, -0.2) is 86.0 Å². The molecule has 0 radical (unpaired) electrons. The zero-order chi connectivity index (χ0) is 22.1. The molecular formula is C25H39N5O. The maximum Gasteiger partial charge on any atom is 0.239 e. The number of rotatable bonds is 7.